The first-order valence-electron chi connectivity index (χ1n) is 6.41. The molecule has 1 aromatic rings. The van der Waals surface area contributed by atoms with Crippen LogP contribution < -0.4 is 14.8 Å². The van der Waals surface area contributed by atoms with Crippen molar-refractivity contribution < 1.29 is 14.3 Å². The van der Waals surface area contributed by atoms with Gasteiger partial charge in [0.2, 0.25) is 5.91 Å². The van der Waals surface area contributed by atoms with Crippen molar-refractivity contribution in [1.82, 2.24) is 0 Å². The van der Waals surface area contributed by atoms with Crippen molar-refractivity contribution in [2.75, 3.05) is 18.5 Å². The van der Waals surface area contributed by atoms with E-state index in [0.29, 0.717) is 19.0 Å². The molecule has 0 unspecified atom stereocenters. The predicted molar refractivity (Wildman–Crippen MR) is 70.1 cm³/mol. The molecule has 1 amide bonds. The van der Waals surface area contributed by atoms with Crippen LogP contribution in [0.4, 0.5) is 5.69 Å². The molecule has 18 heavy (non-hydrogen) atoms. The van der Waals surface area contributed by atoms with Gasteiger partial charge in [0.1, 0.15) is 13.2 Å². The minimum Gasteiger partial charge on any atom is -0.486 e. The number of hydrogen-bond donors (Lipinski definition) is 1. The topological polar surface area (TPSA) is 47.6 Å². The summed E-state index contributed by atoms with van der Waals surface area (Å²) in [4.78, 5) is 11.9. The van der Waals surface area contributed by atoms with Crippen molar-refractivity contribution in [3.63, 3.8) is 0 Å². The van der Waals surface area contributed by atoms with Crippen LogP contribution in [0.15, 0.2) is 18.2 Å². The molecule has 1 aliphatic heterocycles. The van der Waals surface area contributed by atoms with E-state index in [2.05, 4.69) is 12.2 Å². The Labute approximate surface area is 107 Å². The molecule has 0 saturated carbocycles. The number of carbonyl (C=O) groups is 1. The van der Waals surface area contributed by atoms with Gasteiger partial charge in [0.05, 0.1) is 0 Å². The lowest BCUT2D eigenvalue weighted by molar-refractivity contribution is -0.119. The van der Waals surface area contributed by atoms with Crippen LogP contribution >= 0.6 is 0 Å². The number of carbonyl (C=O) groups excluding carboxylic acids is 1. The lowest BCUT2D eigenvalue weighted by Crippen LogP contribution is -2.20. The normalized spacial score (nSPS) is 15.0. The Morgan fingerprint density at radius 3 is 2.78 bits per heavy atom. The molecule has 0 saturated heterocycles. The van der Waals surface area contributed by atoms with Gasteiger partial charge < -0.3 is 14.8 Å². The maximum atomic E-state index is 11.9. The second kappa shape index (κ2) is 5.76. The number of rotatable bonds is 4. The Morgan fingerprint density at radius 2 is 2.06 bits per heavy atom. The monoisotopic (exact) mass is 249 g/mol. The molecular weight excluding hydrogens is 230 g/mol. The second-order valence-corrected chi connectivity index (χ2v) is 4.54. The van der Waals surface area contributed by atoms with Crippen molar-refractivity contribution in [3.05, 3.63) is 18.2 Å². The lowest BCUT2D eigenvalue weighted by atomic mass is 10.1. The third-order valence-electron chi connectivity index (χ3n) is 2.98. The second-order valence-electron chi connectivity index (χ2n) is 4.54. The van der Waals surface area contributed by atoms with Crippen LogP contribution in [0, 0.1) is 5.92 Å². The molecule has 0 aliphatic carbocycles. The van der Waals surface area contributed by atoms with Crippen molar-refractivity contribution in [2.24, 2.45) is 5.92 Å². The molecule has 1 heterocycles. The maximum absolute atomic E-state index is 11.9. The van der Waals surface area contributed by atoms with Crippen LogP contribution in [0.2, 0.25) is 0 Å². The fraction of sp³-hybridized carbons (Fsp3) is 0.500. The Morgan fingerprint density at radius 1 is 1.33 bits per heavy atom. The van der Waals surface area contributed by atoms with Gasteiger partial charge in [0.15, 0.2) is 11.5 Å². The summed E-state index contributed by atoms with van der Waals surface area (Å²) in [5.74, 6) is 1.51. The summed E-state index contributed by atoms with van der Waals surface area (Å²) in [6, 6.07) is 5.48. The van der Waals surface area contributed by atoms with E-state index < -0.39 is 0 Å². The largest absolute Gasteiger partial charge is 0.486 e. The van der Waals surface area contributed by atoms with Gasteiger partial charge in [0, 0.05) is 17.7 Å². The van der Waals surface area contributed by atoms with E-state index >= 15 is 0 Å². The van der Waals surface area contributed by atoms with E-state index in [1.807, 2.05) is 25.1 Å². The average Bonchev–Trinajstić information content (AvgIpc) is 2.39. The Hall–Kier alpha value is -1.71. The molecule has 1 aromatic carbocycles. The van der Waals surface area contributed by atoms with Gasteiger partial charge in [0.25, 0.3) is 0 Å². The molecule has 4 nitrogen and oxygen atoms in total. The number of fused-ring (bicyclic) bond motifs is 1. The number of amides is 1. The van der Waals surface area contributed by atoms with E-state index in [-0.39, 0.29) is 11.8 Å². The van der Waals surface area contributed by atoms with Crippen molar-refractivity contribution in [1.29, 1.82) is 0 Å². The van der Waals surface area contributed by atoms with Crippen LogP contribution in [0.3, 0.4) is 0 Å². The minimum atomic E-state index is 0.0307. The molecule has 0 spiro atoms. The molecule has 1 N–H and O–H groups in total. The Balaban J connectivity index is 2.03. The highest BCUT2D eigenvalue weighted by molar-refractivity contribution is 5.92. The standard InChI is InChI=1S/C14H19NO3/c1-3-4-10(2)14(16)15-11-5-6-12-13(9-11)18-8-7-17-12/h5-6,9-10H,3-4,7-8H2,1-2H3,(H,15,16)/t10-/m1/s1. The smallest absolute Gasteiger partial charge is 0.227 e. The zero-order valence-corrected chi connectivity index (χ0v) is 10.9. The number of benzene rings is 1. The predicted octanol–water partition coefficient (Wildman–Crippen LogP) is 2.83. The molecule has 2 rings (SSSR count). The number of nitrogens with one attached hydrogen (secondary N) is 1. The van der Waals surface area contributed by atoms with E-state index in [1.165, 1.54) is 0 Å². The number of hydrogen-bond acceptors (Lipinski definition) is 3. The Kier molecular flexibility index (Phi) is 4.07. The molecule has 1 aliphatic rings. The van der Waals surface area contributed by atoms with Crippen LogP contribution in [-0.2, 0) is 4.79 Å². The van der Waals surface area contributed by atoms with Gasteiger partial charge >= 0.3 is 0 Å². The van der Waals surface area contributed by atoms with E-state index in [0.717, 1.165) is 24.3 Å². The highest BCUT2D eigenvalue weighted by Gasteiger charge is 2.15. The van der Waals surface area contributed by atoms with Crippen molar-refractivity contribution in [2.45, 2.75) is 26.7 Å². The average molecular weight is 249 g/mol. The molecule has 0 bridgehead atoms. The zero-order valence-electron chi connectivity index (χ0n) is 10.9. The maximum Gasteiger partial charge on any atom is 0.227 e. The first-order chi connectivity index (χ1) is 8.70. The molecule has 0 aromatic heterocycles. The highest BCUT2D eigenvalue weighted by atomic mass is 16.6. The summed E-state index contributed by atoms with van der Waals surface area (Å²) in [6.07, 6.45) is 1.91. The summed E-state index contributed by atoms with van der Waals surface area (Å²) in [7, 11) is 0. The number of anilines is 1. The quantitative estimate of drug-likeness (QED) is 0.892. The van der Waals surface area contributed by atoms with Crippen LogP contribution in [0.25, 0.3) is 0 Å². The summed E-state index contributed by atoms with van der Waals surface area (Å²) < 4.78 is 10.9. The summed E-state index contributed by atoms with van der Waals surface area (Å²) in [5.41, 5.74) is 0.757. The molecule has 98 valence electrons. The first kappa shape index (κ1) is 12.7. The van der Waals surface area contributed by atoms with Gasteiger partial charge in [-0.2, -0.15) is 0 Å². The summed E-state index contributed by atoms with van der Waals surface area (Å²) >= 11 is 0. The minimum absolute atomic E-state index is 0.0307. The molecule has 0 fully saturated rings. The molecular formula is C14H19NO3. The molecule has 0 radical (unpaired) electrons. The third-order valence-corrected chi connectivity index (χ3v) is 2.98. The van der Waals surface area contributed by atoms with Crippen LogP contribution in [0.1, 0.15) is 26.7 Å². The summed E-state index contributed by atoms with van der Waals surface area (Å²) in [5, 5.41) is 2.90. The fourth-order valence-corrected chi connectivity index (χ4v) is 1.95. The lowest BCUT2D eigenvalue weighted by Gasteiger charge is -2.19. The van der Waals surface area contributed by atoms with Gasteiger partial charge in [-0.25, -0.2) is 0 Å². The molecule has 4 heteroatoms. The van der Waals surface area contributed by atoms with E-state index in [1.54, 1.807) is 0 Å². The van der Waals surface area contributed by atoms with Gasteiger partial charge in [-0.3, -0.25) is 4.79 Å². The number of ether oxygens (including phenoxy) is 2. The highest BCUT2D eigenvalue weighted by Crippen LogP contribution is 2.32. The van der Waals surface area contributed by atoms with Gasteiger partial charge in [-0.15, -0.1) is 0 Å². The fourth-order valence-electron chi connectivity index (χ4n) is 1.95. The molecule has 1 atom stereocenters. The van der Waals surface area contributed by atoms with E-state index in [9.17, 15) is 4.79 Å². The van der Waals surface area contributed by atoms with Crippen LogP contribution in [-0.4, -0.2) is 19.1 Å². The SMILES string of the molecule is CCC[C@@H](C)C(=O)Nc1ccc2c(c1)OCCO2. The van der Waals surface area contributed by atoms with Crippen molar-refractivity contribution in [3.8, 4) is 11.5 Å². The van der Waals surface area contributed by atoms with Gasteiger partial charge in [-0.1, -0.05) is 20.3 Å². The van der Waals surface area contributed by atoms with Crippen LogP contribution in [0.5, 0.6) is 11.5 Å². The summed E-state index contributed by atoms with van der Waals surface area (Å²) in [6.45, 7) is 5.15. The first-order valence-corrected chi connectivity index (χ1v) is 6.41. The van der Waals surface area contributed by atoms with E-state index in [4.69, 9.17) is 9.47 Å². The third kappa shape index (κ3) is 2.94. The zero-order chi connectivity index (χ0) is 13.0. The van der Waals surface area contributed by atoms with Gasteiger partial charge in [-0.05, 0) is 18.6 Å². The Bertz CT molecular complexity index is 431. The van der Waals surface area contributed by atoms with Crippen molar-refractivity contribution >= 4 is 11.6 Å².